The van der Waals surface area contributed by atoms with Crippen molar-refractivity contribution in [1.82, 2.24) is 15.4 Å². The molecule has 1 N–H and O–H groups in total. The Bertz CT molecular complexity index is 1040. The molecule has 1 aromatic heterocycles. The van der Waals surface area contributed by atoms with Crippen molar-refractivity contribution in [1.29, 1.82) is 0 Å². The molecule has 4 rings (SSSR count). The third kappa shape index (κ3) is 5.59. The monoisotopic (exact) mass is 434 g/mol. The van der Waals surface area contributed by atoms with Crippen molar-refractivity contribution in [2.24, 2.45) is 5.92 Å². The number of nitro benzene ring substituents is 1. The molecule has 0 saturated carbocycles. The Labute approximate surface area is 186 Å². The third-order valence-corrected chi connectivity index (χ3v) is 5.90. The van der Waals surface area contributed by atoms with E-state index in [0.29, 0.717) is 23.8 Å². The molecule has 0 radical (unpaired) electrons. The van der Waals surface area contributed by atoms with E-state index in [4.69, 9.17) is 4.52 Å². The number of likely N-dealkylation sites (tertiary alicyclic amines) is 1. The van der Waals surface area contributed by atoms with Gasteiger partial charge in [0.1, 0.15) is 0 Å². The number of nitrogens with zero attached hydrogens (tertiary/aromatic N) is 3. The van der Waals surface area contributed by atoms with Gasteiger partial charge in [0.05, 0.1) is 4.92 Å². The second-order valence-corrected chi connectivity index (χ2v) is 8.13. The van der Waals surface area contributed by atoms with E-state index >= 15 is 0 Å². The van der Waals surface area contributed by atoms with E-state index in [2.05, 4.69) is 39.6 Å². The maximum Gasteiger partial charge on any atom is 0.273 e. The van der Waals surface area contributed by atoms with Crippen molar-refractivity contribution in [2.75, 3.05) is 19.6 Å². The predicted octanol–water partition coefficient (Wildman–Crippen LogP) is 4.28. The molecule has 8 heteroatoms. The highest BCUT2D eigenvalue weighted by Gasteiger charge is 2.20. The van der Waals surface area contributed by atoms with Gasteiger partial charge < -0.3 is 9.84 Å². The normalized spacial score (nSPS) is 14.9. The Morgan fingerprint density at radius 2 is 1.84 bits per heavy atom. The minimum Gasteiger partial charge on any atom is -0.355 e. The first-order chi connectivity index (χ1) is 15.6. The highest BCUT2D eigenvalue weighted by Crippen LogP contribution is 2.24. The third-order valence-electron chi connectivity index (χ3n) is 5.90. The van der Waals surface area contributed by atoms with Crippen LogP contribution in [0.1, 0.15) is 35.3 Å². The van der Waals surface area contributed by atoms with Gasteiger partial charge >= 0.3 is 0 Å². The number of rotatable bonds is 8. The molecule has 32 heavy (non-hydrogen) atoms. The molecule has 0 atom stereocenters. The molecule has 166 valence electrons. The van der Waals surface area contributed by atoms with Crippen molar-refractivity contribution < 1.29 is 14.2 Å². The Kier molecular flexibility index (Phi) is 6.91. The molecule has 0 aliphatic carbocycles. The van der Waals surface area contributed by atoms with E-state index < -0.39 is 4.92 Å². The first-order valence-electron chi connectivity index (χ1n) is 10.8. The molecule has 1 aliphatic heterocycles. The lowest BCUT2D eigenvalue weighted by Gasteiger charge is -2.32. The highest BCUT2D eigenvalue weighted by atomic mass is 16.6. The van der Waals surface area contributed by atoms with E-state index in [1.807, 2.05) is 6.07 Å². The van der Waals surface area contributed by atoms with Crippen LogP contribution < -0.4 is 5.32 Å². The van der Waals surface area contributed by atoms with Crippen LogP contribution in [-0.2, 0) is 6.54 Å². The fraction of sp³-hybridized carbons (Fsp3) is 0.333. The van der Waals surface area contributed by atoms with E-state index in [9.17, 15) is 14.9 Å². The van der Waals surface area contributed by atoms with Gasteiger partial charge in [-0.25, -0.2) is 0 Å². The van der Waals surface area contributed by atoms with Crippen LogP contribution in [0.4, 0.5) is 5.69 Å². The van der Waals surface area contributed by atoms with Crippen LogP contribution >= 0.6 is 0 Å². The minimum atomic E-state index is -0.462. The van der Waals surface area contributed by atoms with Crippen molar-refractivity contribution in [3.05, 3.63) is 82.0 Å². The molecule has 0 spiro atoms. The van der Waals surface area contributed by atoms with Gasteiger partial charge in [-0.3, -0.25) is 19.8 Å². The molecule has 1 aliphatic rings. The van der Waals surface area contributed by atoms with Crippen molar-refractivity contribution in [3.8, 4) is 11.3 Å². The molecule has 3 aromatic rings. The molecular formula is C24H26N4O4. The summed E-state index contributed by atoms with van der Waals surface area (Å²) in [6, 6.07) is 18.0. The van der Waals surface area contributed by atoms with E-state index in [1.54, 1.807) is 18.2 Å². The van der Waals surface area contributed by atoms with E-state index in [0.717, 1.165) is 38.9 Å². The lowest BCUT2D eigenvalue weighted by molar-refractivity contribution is -0.384. The molecule has 1 amide bonds. The van der Waals surface area contributed by atoms with Crippen molar-refractivity contribution >= 4 is 11.6 Å². The lowest BCUT2D eigenvalue weighted by atomic mass is 9.93. The average Bonchev–Trinajstić information content (AvgIpc) is 3.31. The fourth-order valence-electron chi connectivity index (χ4n) is 4.02. The lowest BCUT2D eigenvalue weighted by Crippen LogP contribution is -2.34. The zero-order valence-corrected chi connectivity index (χ0v) is 17.8. The number of amides is 1. The van der Waals surface area contributed by atoms with Crippen molar-refractivity contribution in [2.45, 2.75) is 25.8 Å². The topological polar surface area (TPSA) is 102 Å². The van der Waals surface area contributed by atoms with Gasteiger partial charge in [-0.2, -0.15) is 0 Å². The number of non-ortho nitro benzene ring substituents is 1. The SMILES string of the molecule is O=C(NCCC1CCN(Cc2ccccc2)CC1)c1cc(-c2ccc([N+](=O)[O-])cc2)on1. The second kappa shape index (κ2) is 10.2. The zero-order valence-electron chi connectivity index (χ0n) is 17.8. The van der Waals surface area contributed by atoms with Gasteiger partial charge in [-0.15, -0.1) is 0 Å². The fourth-order valence-corrected chi connectivity index (χ4v) is 4.02. The largest absolute Gasteiger partial charge is 0.355 e. The van der Waals surface area contributed by atoms with Gasteiger partial charge in [-0.05, 0) is 56.0 Å². The summed E-state index contributed by atoms with van der Waals surface area (Å²) < 4.78 is 5.24. The maximum absolute atomic E-state index is 12.4. The number of aromatic nitrogens is 1. The number of nitro groups is 1. The Hall–Kier alpha value is -3.52. The minimum absolute atomic E-state index is 0.00266. The molecule has 2 aromatic carbocycles. The van der Waals surface area contributed by atoms with Crippen LogP contribution in [0.5, 0.6) is 0 Å². The van der Waals surface area contributed by atoms with Gasteiger partial charge in [0.15, 0.2) is 11.5 Å². The van der Waals surface area contributed by atoms with E-state index in [-0.39, 0.29) is 17.3 Å². The second-order valence-electron chi connectivity index (χ2n) is 8.13. The summed E-state index contributed by atoms with van der Waals surface area (Å²) in [5, 5.41) is 17.5. The Morgan fingerprint density at radius 3 is 2.53 bits per heavy atom. The Balaban J connectivity index is 1.20. The first kappa shape index (κ1) is 21.7. The summed E-state index contributed by atoms with van der Waals surface area (Å²) in [4.78, 5) is 25.2. The Morgan fingerprint density at radius 1 is 1.12 bits per heavy atom. The van der Waals surface area contributed by atoms with Crippen LogP contribution in [0, 0.1) is 16.0 Å². The summed E-state index contributed by atoms with van der Waals surface area (Å²) in [5.41, 5.74) is 2.18. The standard InChI is InChI=1S/C24H26N4O4/c29-24(22-16-23(32-26-22)20-6-8-21(9-7-20)28(30)31)25-13-10-18-11-14-27(15-12-18)17-19-4-2-1-3-5-19/h1-9,16,18H,10-15,17H2,(H,25,29). The van der Waals surface area contributed by atoms with Crippen molar-refractivity contribution in [3.63, 3.8) is 0 Å². The predicted molar refractivity (Wildman–Crippen MR) is 120 cm³/mol. The van der Waals surface area contributed by atoms with Crippen LogP contribution in [-0.4, -0.2) is 40.5 Å². The molecule has 0 unspecified atom stereocenters. The van der Waals surface area contributed by atoms with Crippen LogP contribution in [0.3, 0.4) is 0 Å². The maximum atomic E-state index is 12.4. The molecule has 0 bridgehead atoms. The van der Waals surface area contributed by atoms with Crippen LogP contribution in [0.2, 0.25) is 0 Å². The smallest absolute Gasteiger partial charge is 0.273 e. The van der Waals surface area contributed by atoms with Crippen LogP contribution in [0.25, 0.3) is 11.3 Å². The first-order valence-corrected chi connectivity index (χ1v) is 10.8. The zero-order chi connectivity index (χ0) is 22.3. The molecule has 8 nitrogen and oxygen atoms in total. The van der Waals surface area contributed by atoms with Gasteiger partial charge in [0.2, 0.25) is 0 Å². The number of nitrogens with one attached hydrogen (secondary N) is 1. The molecule has 1 fully saturated rings. The number of carbonyl (C=O) groups is 1. The number of benzene rings is 2. The number of piperidine rings is 1. The quantitative estimate of drug-likeness (QED) is 0.419. The molecular weight excluding hydrogens is 408 g/mol. The van der Waals surface area contributed by atoms with Gasteiger partial charge in [-0.1, -0.05) is 35.5 Å². The number of hydrogen-bond donors (Lipinski definition) is 1. The van der Waals surface area contributed by atoms with Gasteiger partial charge in [0, 0.05) is 36.9 Å². The summed E-state index contributed by atoms with van der Waals surface area (Å²) in [6.45, 7) is 3.75. The summed E-state index contributed by atoms with van der Waals surface area (Å²) in [7, 11) is 0. The summed E-state index contributed by atoms with van der Waals surface area (Å²) in [5.74, 6) is 0.731. The number of hydrogen-bond acceptors (Lipinski definition) is 6. The summed E-state index contributed by atoms with van der Waals surface area (Å²) >= 11 is 0. The average molecular weight is 434 g/mol. The van der Waals surface area contributed by atoms with Crippen LogP contribution in [0.15, 0.2) is 65.2 Å². The van der Waals surface area contributed by atoms with Gasteiger partial charge in [0.25, 0.3) is 11.6 Å². The number of carbonyl (C=O) groups excluding carboxylic acids is 1. The molecule has 1 saturated heterocycles. The van der Waals surface area contributed by atoms with E-state index in [1.165, 1.54) is 17.7 Å². The molecule has 2 heterocycles. The summed E-state index contributed by atoms with van der Waals surface area (Å²) in [6.07, 6.45) is 3.21. The highest BCUT2D eigenvalue weighted by molar-refractivity contribution is 5.93.